The first-order valence-electron chi connectivity index (χ1n) is 7.72. The van der Waals surface area contributed by atoms with E-state index in [1.807, 2.05) is 0 Å². The minimum absolute atomic E-state index is 0.0764. The summed E-state index contributed by atoms with van der Waals surface area (Å²) in [6.45, 7) is 1.55. The Morgan fingerprint density at radius 2 is 1.70 bits per heavy atom. The van der Waals surface area contributed by atoms with E-state index in [1.165, 1.54) is 18.2 Å². The first kappa shape index (κ1) is 19.1. The lowest BCUT2D eigenvalue weighted by atomic mass is 10.1. The second kappa shape index (κ2) is 6.80. The summed E-state index contributed by atoms with van der Waals surface area (Å²) < 4.78 is 78.6. The van der Waals surface area contributed by atoms with Crippen molar-refractivity contribution in [2.75, 3.05) is 6.26 Å². The van der Waals surface area contributed by atoms with Crippen LogP contribution in [-0.2, 0) is 9.84 Å². The molecular weight excluding hydrogens is 384 g/mol. The molecule has 1 heterocycles. The molecule has 0 aliphatic rings. The van der Waals surface area contributed by atoms with Crippen LogP contribution in [0, 0.1) is 18.6 Å². The third-order valence-electron chi connectivity index (χ3n) is 3.98. The molecular formula is C18H14F4N2O2S. The van der Waals surface area contributed by atoms with Crippen molar-refractivity contribution in [1.82, 2.24) is 9.78 Å². The summed E-state index contributed by atoms with van der Waals surface area (Å²) in [7, 11) is -3.78. The molecule has 27 heavy (non-hydrogen) atoms. The lowest BCUT2D eigenvalue weighted by Crippen LogP contribution is -2.03. The van der Waals surface area contributed by atoms with E-state index in [0.717, 1.165) is 35.2 Å². The van der Waals surface area contributed by atoms with Gasteiger partial charge in [0, 0.05) is 11.8 Å². The van der Waals surface area contributed by atoms with Gasteiger partial charge in [0.15, 0.2) is 9.84 Å². The van der Waals surface area contributed by atoms with Gasteiger partial charge in [-0.05, 0) is 42.8 Å². The number of rotatable bonds is 4. The second-order valence-electron chi connectivity index (χ2n) is 6.02. The zero-order chi connectivity index (χ0) is 19.9. The Kier molecular flexibility index (Phi) is 4.81. The number of nitrogens with zero attached hydrogens (tertiary/aromatic N) is 2. The number of benzene rings is 2. The number of alkyl halides is 2. The Hall–Kier alpha value is -2.68. The fraction of sp³-hybridized carbons (Fsp3) is 0.167. The van der Waals surface area contributed by atoms with Gasteiger partial charge in [-0.25, -0.2) is 30.7 Å². The average molecular weight is 398 g/mol. The van der Waals surface area contributed by atoms with E-state index >= 15 is 0 Å². The van der Waals surface area contributed by atoms with Crippen molar-refractivity contribution in [2.45, 2.75) is 18.2 Å². The molecule has 0 bridgehead atoms. The van der Waals surface area contributed by atoms with Crippen molar-refractivity contribution < 1.29 is 26.0 Å². The van der Waals surface area contributed by atoms with Crippen LogP contribution in [0.2, 0.25) is 0 Å². The molecule has 0 saturated heterocycles. The van der Waals surface area contributed by atoms with E-state index in [0.29, 0.717) is 5.56 Å². The molecule has 0 spiro atoms. The van der Waals surface area contributed by atoms with Gasteiger partial charge >= 0.3 is 0 Å². The lowest BCUT2D eigenvalue weighted by Gasteiger charge is -2.10. The zero-order valence-electron chi connectivity index (χ0n) is 14.2. The van der Waals surface area contributed by atoms with Gasteiger partial charge in [-0.3, -0.25) is 0 Å². The van der Waals surface area contributed by atoms with Crippen LogP contribution >= 0.6 is 0 Å². The normalized spacial score (nSPS) is 12.0. The number of hydrogen-bond donors (Lipinski definition) is 0. The van der Waals surface area contributed by atoms with Gasteiger partial charge in [-0.2, -0.15) is 5.10 Å². The van der Waals surface area contributed by atoms with Gasteiger partial charge in [0.05, 0.1) is 11.4 Å². The van der Waals surface area contributed by atoms with Gasteiger partial charge in [0.2, 0.25) is 0 Å². The SMILES string of the molecule is Cc1ccc(-n2nc(C(F)F)cc2-c2ccc(S(C)(=O)=O)c(F)c2)cc1F. The molecule has 4 nitrogen and oxygen atoms in total. The number of aromatic nitrogens is 2. The minimum Gasteiger partial charge on any atom is -0.233 e. The smallest absolute Gasteiger partial charge is 0.233 e. The van der Waals surface area contributed by atoms with E-state index in [2.05, 4.69) is 5.10 Å². The second-order valence-corrected chi connectivity index (χ2v) is 8.00. The van der Waals surface area contributed by atoms with Crippen molar-refractivity contribution in [3.05, 3.63) is 65.4 Å². The van der Waals surface area contributed by atoms with Crippen LogP contribution in [-0.4, -0.2) is 24.5 Å². The zero-order valence-corrected chi connectivity index (χ0v) is 15.1. The fourth-order valence-corrected chi connectivity index (χ4v) is 3.31. The molecule has 0 aliphatic carbocycles. The third-order valence-corrected chi connectivity index (χ3v) is 5.11. The van der Waals surface area contributed by atoms with Crippen molar-refractivity contribution >= 4 is 9.84 Å². The Labute approximate surface area is 153 Å². The number of halogens is 4. The van der Waals surface area contributed by atoms with E-state index in [9.17, 15) is 26.0 Å². The average Bonchev–Trinajstić information content (AvgIpc) is 3.01. The minimum atomic E-state index is -3.78. The molecule has 0 N–H and O–H groups in total. The molecule has 0 fully saturated rings. The summed E-state index contributed by atoms with van der Waals surface area (Å²) in [5.74, 6) is -1.57. The van der Waals surface area contributed by atoms with E-state index in [4.69, 9.17) is 0 Å². The predicted octanol–water partition coefficient (Wildman–Crippen LogP) is 4.47. The Bertz CT molecular complexity index is 1120. The lowest BCUT2D eigenvalue weighted by molar-refractivity contribution is 0.145. The molecule has 3 rings (SSSR count). The maximum absolute atomic E-state index is 14.2. The maximum Gasteiger partial charge on any atom is 0.282 e. The molecule has 9 heteroatoms. The molecule has 0 aliphatic heterocycles. The molecule has 0 atom stereocenters. The van der Waals surface area contributed by atoms with Gasteiger partial charge in [0.25, 0.3) is 6.43 Å². The quantitative estimate of drug-likeness (QED) is 0.610. The fourth-order valence-electron chi connectivity index (χ4n) is 2.58. The summed E-state index contributed by atoms with van der Waals surface area (Å²) in [6.07, 6.45) is -2.03. The number of hydrogen-bond acceptors (Lipinski definition) is 3. The molecule has 3 aromatic rings. The first-order chi connectivity index (χ1) is 12.6. The standard InChI is InChI=1S/C18H14F4N2O2S/c1-10-3-5-12(8-13(10)19)24-16(9-15(23-24)18(21)22)11-4-6-17(14(20)7-11)27(2,25)26/h3-9,18H,1-2H3. The van der Waals surface area contributed by atoms with Crippen molar-refractivity contribution in [3.8, 4) is 16.9 Å². The van der Waals surface area contributed by atoms with E-state index < -0.39 is 38.5 Å². The summed E-state index contributed by atoms with van der Waals surface area (Å²) in [5.41, 5.74) is 0.170. The van der Waals surface area contributed by atoms with Crippen LogP contribution in [0.25, 0.3) is 16.9 Å². The number of sulfone groups is 1. The van der Waals surface area contributed by atoms with Crippen LogP contribution in [0.3, 0.4) is 0 Å². The van der Waals surface area contributed by atoms with Crippen LogP contribution in [0.4, 0.5) is 17.6 Å². The van der Waals surface area contributed by atoms with Crippen molar-refractivity contribution in [3.63, 3.8) is 0 Å². The molecule has 0 unspecified atom stereocenters. The van der Waals surface area contributed by atoms with Gasteiger partial charge < -0.3 is 0 Å². The third kappa shape index (κ3) is 3.73. The summed E-state index contributed by atoms with van der Waals surface area (Å²) in [6, 6.07) is 8.39. The van der Waals surface area contributed by atoms with Crippen LogP contribution < -0.4 is 0 Å². The number of aryl methyl sites for hydroxylation is 1. The Morgan fingerprint density at radius 1 is 1.00 bits per heavy atom. The molecule has 142 valence electrons. The monoisotopic (exact) mass is 398 g/mol. The van der Waals surface area contributed by atoms with Gasteiger partial charge in [-0.1, -0.05) is 12.1 Å². The van der Waals surface area contributed by atoms with Crippen LogP contribution in [0.5, 0.6) is 0 Å². The summed E-state index contributed by atoms with van der Waals surface area (Å²) in [4.78, 5) is -0.507. The van der Waals surface area contributed by atoms with E-state index in [1.54, 1.807) is 6.92 Å². The van der Waals surface area contributed by atoms with Crippen LogP contribution in [0.1, 0.15) is 17.7 Å². The largest absolute Gasteiger partial charge is 0.282 e. The Balaban J connectivity index is 2.20. The van der Waals surface area contributed by atoms with Gasteiger partial charge in [0.1, 0.15) is 22.2 Å². The molecule has 1 aromatic heterocycles. The Morgan fingerprint density at radius 3 is 2.26 bits per heavy atom. The highest BCUT2D eigenvalue weighted by molar-refractivity contribution is 7.90. The molecule has 2 aromatic carbocycles. The summed E-state index contributed by atoms with van der Waals surface area (Å²) in [5, 5.41) is 3.79. The molecule has 0 saturated carbocycles. The highest BCUT2D eigenvalue weighted by Crippen LogP contribution is 2.30. The topological polar surface area (TPSA) is 52.0 Å². The highest BCUT2D eigenvalue weighted by atomic mass is 32.2. The van der Waals surface area contributed by atoms with Gasteiger partial charge in [-0.15, -0.1) is 0 Å². The molecule has 0 radical (unpaired) electrons. The predicted molar refractivity (Wildman–Crippen MR) is 91.7 cm³/mol. The van der Waals surface area contributed by atoms with Crippen molar-refractivity contribution in [1.29, 1.82) is 0 Å². The van der Waals surface area contributed by atoms with E-state index in [-0.39, 0.29) is 16.9 Å². The first-order valence-corrected chi connectivity index (χ1v) is 9.61. The van der Waals surface area contributed by atoms with Crippen molar-refractivity contribution in [2.24, 2.45) is 0 Å². The maximum atomic E-state index is 14.2. The summed E-state index contributed by atoms with van der Waals surface area (Å²) >= 11 is 0. The molecule has 0 amide bonds. The van der Waals surface area contributed by atoms with Crippen LogP contribution in [0.15, 0.2) is 47.4 Å². The highest BCUT2D eigenvalue weighted by Gasteiger charge is 2.20.